The van der Waals surface area contributed by atoms with Crippen molar-refractivity contribution < 1.29 is 45.3 Å². The van der Waals surface area contributed by atoms with Crippen LogP contribution < -0.4 is 9.47 Å². The summed E-state index contributed by atoms with van der Waals surface area (Å²) in [6.07, 6.45) is -11.1. The lowest BCUT2D eigenvalue weighted by Crippen LogP contribution is -2.21. The van der Waals surface area contributed by atoms with Crippen LogP contribution in [0.5, 0.6) is 11.6 Å². The monoisotopic (exact) mass is 333 g/mol. The first kappa shape index (κ1) is 17.9. The van der Waals surface area contributed by atoms with Crippen LogP contribution in [0.2, 0.25) is 0 Å². The molecule has 0 unspecified atom stereocenters. The van der Waals surface area contributed by atoms with Gasteiger partial charge in [0.1, 0.15) is 5.75 Å². The number of aromatic nitrogens is 1. The predicted molar refractivity (Wildman–Crippen MR) is 58.2 cm³/mol. The zero-order valence-corrected chi connectivity index (χ0v) is 11.1. The number of carbonyl (C=O) groups excluding carboxylic acids is 1. The molecule has 1 rings (SSSR count). The molecule has 0 aromatic carbocycles. The number of ether oxygens (including phenoxy) is 3. The Balaban J connectivity index is 3.46. The molecule has 0 saturated heterocycles. The molecule has 0 saturated carbocycles. The van der Waals surface area contributed by atoms with Crippen LogP contribution in [0, 0.1) is 0 Å². The fourth-order valence-corrected chi connectivity index (χ4v) is 1.43. The SMILES string of the molecule is COC(=O)Cc1c(OC(F)(F)F)cc(C(F)(F)F)nc1OC. The van der Waals surface area contributed by atoms with Gasteiger partial charge in [0.05, 0.1) is 26.2 Å². The van der Waals surface area contributed by atoms with E-state index in [0.29, 0.717) is 0 Å². The molecule has 1 aromatic rings. The molecular weight excluding hydrogens is 324 g/mol. The van der Waals surface area contributed by atoms with Crippen molar-refractivity contribution in [3.63, 3.8) is 0 Å². The Labute approximate surface area is 119 Å². The van der Waals surface area contributed by atoms with Gasteiger partial charge in [0.25, 0.3) is 0 Å². The second-order valence-corrected chi connectivity index (χ2v) is 3.79. The van der Waals surface area contributed by atoms with Gasteiger partial charge in [-0.3, -0.25) is 4.79 Å². The van der Waals surface area contributed by atoms with E-state index < -0.39 is 47.8 Å². The maximum atomic E-state index is 12.6. The first-order valence-electron chi connectivity index (χ1n) is 5.45. The Bertz CT molecular complexity index is 555. The molecule has 0 aliphatic carbocycles. The minimum Gasteiger partial charge on any atom is -0.481 e. The topological polar surface area (TPSA) is 57.7 Å². The van der Waals surface area contributed by atoms with E-state index in [1.54, 1.807) is 0 Å². The maximum absolute atomic E-state index is 12.6. The Hall–Kier alpha value is -2.20. The average molecular weight is 333 g/mol. The fourth-order valence-electron chi connectivity index (χ4n) is 1.43. The third kappa shape index (κ3) is 4.67. The van der Waals surface area contributed by atoms with E-state index in [4.69, 9.17) is 0 Å². The minimum atomic E-state index is -5.26. The number of methoxy groups -OCH3 is 2. The molecule has 0 aliphatic heterocycles. The van der Waals surface area contributed by atoms with E-state index in [0.717, 1.165) is 14.2 Å². The molecule has 1 aromatic heterocycles. The van der Waals surface area contributed by atoms with Crippen LogP contribution in [0.4, 0.5) is 26.3 Å². The molecule has 0 fully saturated rings. The van der Waals surface area contributed by atoms with E-state index >= 15 is 0 Å². The molecular formula is C11H9F6NO4. The summed E-state index contributed by atoms with van der Waals surface area (Å²) in [5.41, 5.74) is -2.27. The first-order chi connectivity index (χ1) is 9.97. The summed E-state index contributed by atoms with van der Waals surface area (Å²) in [4.78, 5) is 14.2. The van der Waals surface area contributed by atoms with Crippen molar-refractivity contribution in [2.24, 2.45) is 0 Å². The van der Waals surface area contributed by atoms with Crippen LogP contribution in [0.3, 0.4) is 0 Å². The van der Waals surface area contributed by atoms with Gasteiger partial charge in [-0.1, -0.05) is 0 Å². The second kappa shape index (κ2) is 6.28. The molecule has 0 radical (unpaired) electrons. The van der Waals surface area contributed by atoms with Gasteiger partial charge in [-0.2, -0.15) is 13.2 Å². The summed E-state index contributed by atoms with van der Waals surface area (Å²) in [6, 6.07) is 0.0360. The van der Waals surface area contributed by atoms with E-state index in [1.807, 2.05) is 0 Å². The van der Waals surface area contributed by atoms with Crippen LogP contribution in [0.1, 0.15) is 11.3 Å². The molecule has 0 atom stereocenters. The molecule has 11 heteroatoms. The Kier molecular flexibility index (Phi) is 5.09. The van der Waals surface area contributed by atoms with Gasteiger partial charge in [-0.05, 0) is 0 Å². The number of rotatable bonds is 4. The highest BCUT2D eigenvalue weighted by atomic mass is 19.4. The largest absolute Gasteiger partial charge is 0.573 e. The van der Waals surface area contributed by atoms with Crippen molar-refractivity contribution in [3.05, 3.63) is 17.3 Å². The molecule has 22 heavy (non-hydrogen) atoms. The number of halogens is 6. The Morgan fingerprint density at radius 3 is 2.18 bits per heavy atom. The number of pyridine rings is 1. The summed E-state index contributed by atoms with van der Waals surface area (Å²) in [7, 11) is 1.84. The van der Waals surface area contributed by atoms with Crippen molar-refractivity contribution in [1.29, 1.82) is 0 Å². The third-order valence-corrected chi connectivity index (χ3v) is 2.30. The molecule has 5 nitrogen and oxygen atoms in total. The summed E-state index contributed by atoms with van der Waals surface area (Å²) < 4.78 is 87.2. The van der Waals surface area contributed by atoms with Crippen LogP contribution in [-0.2, 0) is 22.1 Å². The highest BCUT2D eigenvalue weighted by Crippen LogP contribution is 2.38. The van der Waals surface area contributed by atoms with Gasteiger partial charge in [-0.25, -0.2) is 4.98 Å². The van der Waals surface area contributed by atoms with Gasteiger partial charge >= 0.3 is 18.5 Å². The van der Waals surface area contributed by atoms with Crippen molar-refractivity contribution in [3.8, 4) is 11.6 Å². The van der Waals surface area contributed by atoms with Crippen molar-refractivity contribution in [1.82, 2.24) is 4.98 Å². The highest BCUT2D eigenvalue weighted by Gasteiger charge is 2.38. The lowest BCUT2D eigenvalue weighted by molar-refractivity contribution is -0.275. The number of hydrogen-bond acceptors (Lipinski definition) is 5. The predicted octanol–water partition coefficient (Wildman–Crippen LogP) is 2.72. The van der Waals surface area contributed by atoms with Gasteiger partial charge in [0.15, 0.2) is 5.69 Å². The van der Waals surface area contributed by atoms with Crippen molar-refractivity contribution in [2.45, 2.75) is 19.0 Å². The highest BCUT2D eigenvalue weighted by molar-refractivity contribution is 5.74. The molecule has 0 bridgehead atoms. The summed E-state index contributed by atoms with van der Waals surface area (Å²) in [6.45, 7) is 0. The van der Waals surface area contributed by atoms with Crippen LogP contribution in [-0.4, -0.2) is 31.5 Å². The second-order valence-electron chi connectivity index (χ2n) is 3.79. The number of hydrogen-bond donors (Lipinski definition) is 0. The smallest absolute Gasteiger partial charge is 0.481 e. The van der Waals surface area contributed by atoms with Gasteiger partial charge in [-0.15, -0.1) is 13.2 Å². The first-order valence-corrected chi connectivity index (χ1v) is 5.45. The normalized spacial score (nSPS) is 12.0. The molecule has 124 valence electrons. The zero-order valence-electron chi connectivity index (χ0n) is 11.1. The Morgan fingerprint density at radius 2 is 1.77 bits per heavy atom. The van der Waals surface area contributed by atoms with Crippen molar-refractivity contribution in [2.75, 3.05) is 14.2 Å². The van der Waals surface area contributed by atoms with E-state index in [-0.39, 0.29) is 6.07 Å². The fraction of sp³-hybridized carbons (Fsp3) is 0.455. The average Bonchev–Trinajstić information content (AvgIpc) is 2.37. The lowest BCUT2D eigenvalue weighted by atomic mass is 10.1. The van der Waals surface area contributed by atoms with Gasteiger partial charge < -0.3 is 14.2 Å². The molecule has 0 amide bonds. The zero-order chi connectivity index (χ0) is 17.1. The molecule has 0 aliphatic rings. The van der Waals surface area contributed by atoms with Gasteiger partial charge in [0, 0.05) is 6.07 Å². The molecule has 0 N–H and O–H groups in total. The van der Waals surface area contributed by atoms with E-state index in [9.17, 15) is 31.1 Å². The minimum absolute atomic E-state index is 0.0360. The van der Waals surface area contributed by atoms with Crippen LogP contribution >= 0.6 is 0 Å². The summed E-state index contributed by atoms with van der Waals surface area (Å²) in [5.74, 6) is -3.07. The standard InChI is InChI=1S/C11H9F6NO4/c1-20-8(19)3-5-6(22-11(15,16)17)4-7(10(12,13)14)18-9(5)21-2/h4H,3H2,1-2H3. The lowest BCUT2D eigenvalue weighted by Gasteiger charge is -2.17. The van der Waals surface area contributed by atoms with E-state index in [2.05, 4.69) is 19.2 Å². The van der Waals surface area contributed by atoms with E-state index in [1.165, 1.54) is 0 Å². The van der Waals surface area contributed by atoms with Crippen molar-refractivity contribution >= 4 is 5.97 Å². The third-order valence-electron chi connectivity index (χ3n) is 2.30. The maximum Gasteiger partial charge on any atom is 0.573 e. The number of esters is 1. The quantitative estimate of drug-likeness (QED) is 0.626. The Morgan fingerprint density at radius 1 is 1.18 bits per heavy atom. The number of nitrogens with zero attached hydrogens (tertiary/aromatic N) is 1. The number of alkyl halides is 6. The molecule has 0 spiro atoms. The van der Waals surface area contributed by atoms with Crippen LogP contribution in [0.25, 0.3) is 0 Å². The molecule has 1 heterocycles. The number of carbonyl (C=O) groups is 1. The summed E-state index contributed by atoms with van der Waals surface area (Å²) in [5, 5.41) is 0. The summed E-state index contributed by atoms with van der Waals surface area (Å²) >= 11 is 0. The van der Waals surface area contributed by atoms with Gasteiger partial charge in [0.2, 0.25) is 5.88 Å². The van der Waals surface area contributed by atoms with Crippen LogP contribution in [0.15, 0.2) is 6.07 Å².